The van der Waals surface area contributed by atoms with Crippen LogP contribution in [0.25, 0.3) is 17.1 Å². The van der Waals surface area contributed by atoms with Crippen molar-refractivity contribution in [2.24, 2.45) is 5.73 Å². The van der Waals surface area contributed by atoms with Crippen LogP contribution >= 0.6 is 23.4 Å². The number of nitrogens with two attached hydrogens (primary N) is 1. The lowest BCUT2D eigenvalue weighted by Gasteiger charge is -2.13. The van der Waals surface area contributed by atoms with Gasteiger partial charge >= 0.3 is 0 Å². The van der Waals surface area contributed by atoms with Crippen molar-refractivity contribution < 1.29 is 14.3 Å². The lowest BCUT2D eigenvalue weighted by Crippen LogP contribution is -2.13. The number of benzene rings is 2. The van der Waals surface area contributed by atoms with Crippen molar-refractivity contribution in [2.75, 3.05) is 20.0 Å². The minimum Gasteiger partial charge on any atom is -0.497 e. The van der Waals surface area contributed by atoms with E-state index in [-0.39, 0.29) is 5.75 Å². The Hall–Kier alpha value is -2.71. The van der Waals surface area contributed by atoms with Crippen molar-refractivity contribution in [1.29, 1.82) is 0 Å². The number of methoxy groups -OCH3 is 2. The van der Waals surface area contributed by atoms with E-state index in [1.165, 1.54) is 11.8 Å². The summed E-state index contributed by atoms with van der Waals surface area (Å²) in [5, 5.41) is 9.67. The maximum Gasteiger partial charge on any atom is 0.227 e. The third-order valence-electron chi connectivity index (χ3n) is 3.67. The number of thioether (sulfide) groups is 1. The summed E-state index contributed by atoms with van der Waals surface area (Å²) in [6, 6.07) is 12.7. The molecule has 1 aromatic heterocycles. The Bertz CT molecular complexity index is 937. The third kappa shape index (κ3) is 4.35. The zero-order valence-corrected chi connectivity index (χ0v) is 16.3. The van der Waals surface area contributed by atoms with E-state index in [0.717, 1.165) is 11.3 Å². The van der Waals surface area contributed by atoms with E-state index in [9.17, 15) is 4.79 Å². The van der Waals surface area contributed by atoms with E-state index < -0.39 is 5.91 Å². The Morgan fingerprint density at radius 2 is 1.74 bits per heavy atom. The molecule has 3 rings (SSSR count). The van der Waals surface area contributed by atoms with Gasteiger partial charge in [-0.05, 0) is 24.3 Å². The Labute approximate surface area is 165 Å². The molecular weight excluding hydrogens is 388 g/mol. The number of primary amides is 1. The highest BCUT2D eigenvalue weighted by molar-refractivity contribution is 7.99. The summed E-state index contributed by atoms with van der Waals surface area (Å²) >= 11 is 7.20. The van der Waals surface area contributed by atoms with Crippen molar-refractivity contribution in [3.8, 4) is 28.6 Å². The van der Waals surface area contributed by atoms with Crippen molar-refractivity contribution in [1.82, 2.24) is 14.8 Å². The smallest absolute Gasteiger partial charge is 0.227 e. The number of carbonyl (C=O) groups is 1. The summed E-state index contributed by atoms with van der Waals surface area (Å²) in [7, 11) is 3.15. The van der Waals surface area contributed by atoms with Crippen LogP contribution in [-0.4, -0.2) is 40.6 Å². The number of carbonyl (C=O) groups excluding carboxylic acids is 1. The van der Waals surface area contributed by atoms with Crippen LogP contribution in [0.1, 0.15) is 0 Å². The number of aromatic nitrogens is 3. The van der Waals surface area contributed by atoms with E-state index in [2.05, 4.69) is 10.2 Å². The maximum atomic E-state index is 11.2. The van der Waals surface area contributed by atoms with E-state index in [0.29, 0.717) is 27.5 Å². The van der Waals surface area contributed by atoms with Gasteiger partial charge in [0, 0.05) is 28.8 Å². The average Bonchev–Trinajstić information content (AvgIpc) is 3.10. The third-order valence-corrected chi connectivity index (χ3v) is 4.88. The van der Waals surface area contributed by atoms with Crippen molar-refractivity contribution in [2.45, 2.75) is 5.16 Å². The molecule has 0 fully saturated rings. The second-order valence-corrected chi connectivity index (χ2v) is 6.85. The number of amides is 1. The number of ether oxygens (including phenoxy) is 2. The summed E-state index contributed by atoms with van der Waals surface area (Å²) < 4.78 is 12.5. The molecule has 1 amide bonds. The summed E-state index contributed by atoms with van der Waals surface area (Å²) in [6.45, 7) is 0. The number of halogens is 1. The Kier molecular flexibility index (Phi) is 5.88. The SMILES string of the molecule is COc1cc(OC)cc(-n2c(SCC(N)=O)nnc2-c2ccc(Cl)cc2)c1. The fraction of sp³-hybridized carbons (Fsp3) is 0.167. The molecule has 0 aliphatic carbocycles. The fourth-order valence-corrected chi connectivity index (χ4v) is 3.26. The van der Waals surface area contributed by atoms with Crippen molar-refractivity contribution in [3.63, 3.8) is 0 Å². The van der Waals surface area contributed by atoms with Crippen LogP contribution in [0.5, 0.6) is 11.5 Å². The molecule has 0 saturated carbocycles. The monoisotopic (exact) mass is 404 g/mol. The van der Waals surface area contributed by atoms with Crippen LogP contribution in [0.15, 0.2) is 47.6 Å². The van der Waals surface area contributed by atoms with Gasteiger partial charge in [-0.2, -0.15) is 0 Å². The van der Waals surface area contributed by atoms with Gasteiger partial charge in [0.15, 0.2) is 11.0 Å². The topological polar surface area (TPSA) is 92.3 Å². The van der Waals surface area contributed by atoms with Crippen LogP contribution in [0.4, 0.5) is 0 Å². The van der Waals surface area contributed by atoms with Gasteiger partial charge in [0.25, 0.3) is 0 Å². The maximum absolute atomic E-state index is 11.2. The molecule has 1 heterocycles. The lowest BCUT2D eigenvalue weighted by atomic mass is 10.2. The molecule has 140 valence electrons. The minimum absolute atomic E-state index is 0.0832. The zero-order valence-electron chi connectivity index (χ0n) is 14.7. The van der Waals surface area contributed by atoms with Crippen LogP contribution in [0.2, 0.25) is 5.02 Å². The van der Waals surface area contributed by atoms with Crippen LogP contribution in [-0.2, 0) is 4.79 Å². The summed E-state index contributed by atoms with van der Waals surface area (Å²) in [6.07, 6.45) is 0. The predicted octanol–water partition coefficient (Wildman–Crippen LogP) is 3.18. The molecule has 9 heteroatoms. The normalized spacial score (nSPS) is 10.6. The standard InChI is InChI=1S/C18H17ClN4O3S/c1-25-14-7-13(8-15(9-14)26-2)23-17(11-3-5-12(19)6-4-11)21-22-18(23)27-10-16(20)24/h3-9H,10H2,1-2H3,(H2,20,24). The molecule has 7 nitrogen and oxygen atoms in total. The number of hydrogen-bond acceptors (Lipinski definition) is 6. The quantitative estimate of drug-likeness (QED) is 0.608. The van der Waals surface area contributed by atoms with Gasteiger partial charge in [-0.1, -0.05) is 23.4 Å². The molecule has 0 spiro atoms. The van der Waals surface area contributed by atoms with Crippen LogP contribution < -0.4 is 15.2 Å². The first kappa shape index (κ1) is 19.1. The highest BCUT2D eigenvalue weighted by Crippen LogP contribution is 2.32. The minimum atomic E-state index is -0.439. The summed E-state index contributed by atoms with van der Waals surface area (Å²) in [4.78, 5) is 11.2. The number of rotatable bonds is 7. The zero-order chi connectivity index (χ0) is 19.4. The van der Waals surface area contributed by atoms with E-state index in [4.69, 9.17) is 26.8 Å². The molecule has 0 bridgehead atoms. The molecule has 0 radical (unpaired) electrons. The van der Waals surface area contributed by atoms with Gasteiger partial charge in [-0.3, -0.25) is 9.36 Å². The summed E-state index contributed by atoms with van der Waals surface area (Å²) in [5.74, 6) is 1.47. The molecule has 27 heavy (non-hydrogen) atoms. The van der Waals surface area contributed by atoms with Gasteiger partial charge in [-0.25, -0.2) is 0 Å². The molecule has 2 aromatic carbocycles. The lowest BCUT2D eigenvalue weighted by molar-refractivity contribution is -0.115. The molecule has 3 aromatic rings. The first-order chi connectivity index (χ1) is 13.0. The Morgan fingerprint density at radius 3 is 2.30 bits per heavy atom. The number of hydrogen-bond donors (Lipinski definition) is 1. The van der Waals surface area contributed by atoms with Crippen molar-refractivity contribution >= 4 is 29.3 Å². The van der Waals surface area contributed by atoms with Crippen LogP contribution in [0.3, 0.4) is 0 Å². The molecule has 0 saturated heterocycles. The van der Waals surface area contributed by atoms with Gasteiger partial charge in [-0.15, -0.1) is 10.2 Å². The highest BCUT2D eigenvalue weighted by atomic mass is 35.5. The highest BCUT2D eigenvalue weighted by Gasteiger charge is 2.18. The Morgan fingerprint density at radius 1 is 1.11 bits per heavy atom. The first-order valence-electron chi connectivity index (χ1n) is 7.87. The second-order valence-electron chi connectivity index (χ2n) is 5.47. The van der Waals surface area contributed by atoms with E-state index in [1.807, 2.05) is 28.8 Å². The van der Waals surface area contributed by atoms with Gasteiger partial charge in [0.2, 0.25) is 5.91 Å². The van der Waals surface area contributed by atoms with E-state index in [1.54, 1.807) is 32.4 Å². The number of nitrogens with zero attached hydrogens (tertiary/aromatic N) is 3. The molecule has 0 atom stereocenters. The molecule has 0 unspecified atom stereocenters. The van der Waals surface area contributed by atoms with E-state index >= 15 is 0 Å². The van der Waals surface area contributed by atoms with Gasteiger partial charge in [0.1, 0.15) is 11.5 Å². The Balaban J connectivity index is 2.17. The molecular formula is C18H17ClN4O3S. The molecule has 2 N–H and O–H groups in total. The molecule has 0 aliphatic heterocycles. The van der Waals surface area contributed by atoms with Gasteiger partial charge in [0.05, 0.1) is 25.7 Å². The van der Waals surface area contributed by atoms with Gasteiger partial charge < -0.3 is 15.2 Å². The van der Waals surface area contributed by atoms with Crippen LogP contribution in [0, 0.1) is 0 Å². The largest absolute Gasteiger partial charge is 0.497 e. The molecule has 0 aliphatic rings. The van der Waals surface area contributed by atoms with Crippen molar-refractivity contribution in [3.05, 3.63) is 47.5 Å². The first-order valence-corrected chi connectivity index (χ1v) is 9.24. The fourth-order valence-electron chi connectivity index (χ4n) is 2.44. The summed E-state index contributed by atoms with van der Waals surface area (Å²) in [5.41, 5.74) is 6.83. The predicted molar refractivity (Wildman–Crippen MR) is 105 cm³/mol. The second kappa shape index (κ2) is 8.32. The average molecular weight is 405 g/mol.